The second-order valence-corrected chi connectivity index (χ2v) is 4.78. The van der Waals surface area contributed by atoms with Crippen molar-refractivity contribution in [1.29, 1.82) is 0 Å². The molecule has 0 aromatic rings. The molecule has 80 valence electrons. The quantitative estimate of drug-likeness (QED) is 0.445. The summed E-state index contributed by atoms with van der Waals surface area (Å²) in [5, 5.41) is 17.3. The van der Waals surface area contributed by atoms with Crippen molar-refractivity contribution in [2.45, 2.75) is 0 Å². The molecule has 0 atom stereocenters. The number of aliphatic hydroxyl groups is 2. The Morgan fingerprint density at radius 2 is 1.69 bits per heavy atom. The molecule has 0 bridgehead atoms. The fraction of sp³-hybridized carbons (Fsp3) is 1.00. The van der Waals surface area contributed by atoms with Crippen molar-refractivity contribution in [3.8, 4) is 0 Å². The second-order valence-electron chi connectivity index (χ2n) is 2.38. The van der Waals surface area contributed by atoms with Gasteiger partial charge in [0.05, 0.1) is 19.6 Å². The van der Waals surface area contributed by atoms with Gasteiger partial charge in [-0.1, -0.05) is 0 Å². The molecule has 0 radical (unpaired) electrons. The molecule has 0 fully saturated rings. The Hall–Kier alpha value is 0.0300. The first-order valence-corrected chi connectivity index (χ1v) is 5.49. The molecule has 7 heteroatoms. The van der Waals surface area contributed by atoms with E-state index in [2.05, 4.69) is 9.05 Å². The topological polar surface area (TPSA) is 79.2 Å². The molecule has 0 spiro atoms. The molecule has 0 aliphatic heterocycles. The SMILES string of the molecule is COP(=O)(CCN(CO)CO)OC. The molecule has 0 unspecified atom stereocenters. The van der Waals surface area contributed by atoms with Gasteiger partial charge in [0.2, 0.25) is 0 Å². The molecule has 0 aromatic heterocycles. The second kappa shape index (κ2) is 6.48. The summed E-state index contributed by atoms with van der Waals surface area (Å²) in [6.45, 7) is -0.320. The van der Waals surface area contributed by atoms with Crippen LogP contribution in [-0.2, 0) is 13.6 Å². The van der Waals surface area contributed by atoms with E-state index >= 15 is 0 Å². The maximum atomic E-state index is 11.5. The van der Waals surface area contributed by atoms with Gasteiger partial charge in [-0.25, -0.2) is 0 Å². The number of hydrogen-bond donors (Lipinski definition) is 2. The fourth-order valence-electron chi connectivity index (χ4n) is 0.707. The van der Waals surface area contributed by atoms with Gasteiger partial charge < -0.3 is 19.3 Å². The number of aliphatic hydroxyl groups excluding tert-OH is 2. The predicted octanol–water partition coefficient (Wildman–Crippen LogP) is -0.326. The Kier molecular flexibility index (Phi) is 6.49. The van der Waals surface area contributed by atoms with Crippen LogP contribution >= 0.6 is 7.60 Å². The van der Waals surface area contributed by atoms with Gasteiger partial charge in [0, 0.05) is 20.8 Å². The van der Waals surface area contributed by atoms with Crippen molar-refractivity contribution in [2.75, 3.05) is 40.4 Å². The van der Waals surface area contributed by atoms with Gasteiger partial charge in [-0.05, 0) is 0 Å². The van der Waals surface area contributed by atoms with Crippen molar-refractivity contribution in [3.63, 3.8) is 0 Å². The van der Waals surface area contributed by atoms with Crippen LogP contribution < -0.4 is 0 Å². The standard InChI is InChI=1S/C6H16NO5P/c1-11-13(10,12-2)4-3-7(5-8)6-9/h8-9H,3-6H2,1-2H3. The van der Waals surface area contributed by atoms with E-state index in [4.69, 9.17) is 10.2 Å². The maximum Gasteiger partial charge on any atom is 0.331 e. The lowest BCUT2D eigenvalue weighted by atomic mass is 10.6. The number of nitrogens with zero attached hydrogens (tertiary/aromatic N) is 1. The molecule has 0 saturated heterocycles. The predicted molar refractivity (Wildman–Crippen MR) is 47.4 cm³/mol. The smallest absolute Gasteiger partial charge is 0.331 e. The molecule has 0 aromatic carbocycles. The average Bonchev–Trinajstić information content (AvgIpc) is 2.19. The van der Waals surface area contributed by atoms with E-state index in [1.54, 1.807) is 0 Å². The van der Waals surface area contributed by atoms with E-state index in [0.717, 1.165) is 0 Å². The van der Waals surface area contributed by atoms with Crippen molar-refractivity contribution in [1.82, 2.24) is 4.90 Å². The van der Waals surface area contributed by atoms with Crippen LogP contribution in [0, 0.1) is 0 Å². The molecular weight excluding hydrogens is 197 g/mol. The highest BCUT2D eigenvalue weighted by Gasteiger charge is 2.21. The van der Waals surface area contributed by atoms with Crippen LogP contribution in [0.15, 0.2) is 0 Å². The summed E-state index contributed by atoms with van der Waals surface area (Å²) in [6, 6.07) is 0. The lowest BCUT2D eigenvalue weighted by molar-refractivity contribution is 0.0335. The van der Waals surface area contributed by atoms with Crippen LogP contribution in [0.25, 0.3) is 0 Å². The number of rotatable bonds is 7. The molecule has 0 aliphatic carbocycles. The van der Waals surface area contributed by atoms with E-state index in [9.17, 15) is 4.57 Å². The summed E-state index contributed by atoms with van der Waals surface area (Å²) in [5.74, 6) is 0. The monoisotopic (exact) mass is 213 g/mol. The van der Waals surface area contributed by atoms with Crippen LogP contribution in [0.3, 0.4) is 0 Å². The first-order chi connectivity index (χ1) is 6.11. The summed E-state index contributed by atoms with van der Waals surface area (Å²) < 4.78 is 20.8. The minimum atomic E-state index is -3.03. The zero-order valence-electron chi connectivity index (χ0n) is 7.84. The van der Waals surface area contributed by atoms with E-state index < -0.39 is 7.60 Å². The first-order valence-electron chi connectivity index (χ1n) is 3.76. The summed E-state index contributed by atoms with van der Waals surface area (Å²) in [6.07, 6.45) is 0.140. The Labute approximate surface area is 77.6 Å². The lowest BCUT2D eigenvalue weighted by Gasteiger charge is -2.19. The molecule has 0 heterocycles. The van der Waals surface area contributed by atoms with E-state index in [-0.39, 0.29) is 26.2 Å². The Balaban J connectivity index is 3.91. The minimum Gasteiger partial charge on any atom is -0.381 e. The molecular formula is C6H16NO5P. The van der Waals surface area contributed by atoms with Crippen LogP contribution in [0.5, 0.6) is 0 Å². The molecule has 2 N–H and O–H groups in total. The van der Waals surface area contributed by atoms with E-state index in [1.807, 2.05) is 0 Å². The third-order valence-electron chi connectivity index (χ3n) is 1.65. The summed E-state index contributed by atoms with van der Waals surface area (Å²) >= 11 is 0. The summed E-state index contributed by atoms with van der Waals surface area (Å²) in [5.41, 5.74) is 0. The van der Waals surface area contributed by atoms with Crippen LogP contribution in [0.4, 0.5) is 0 Å². The van der Waals surface area contributed by atoms with Gasteiger partial charge in [0.15, 0.2) is 0 Å². The number of hydrogen-bond acceptors (Lipinski definition) is 6. The van der Waals surface area contributed by atoms with Crippen molar-refractivity contribution in [3.05, 3.63) is 0 Å². The van der Waals surface area contributed by atoms with Gasteiger partial charge in [-0.2, -0.15) is 0 Å². The van der Waals surface area contributed by atoms with Crippen LogP contribution in [-0.4, -0.2) is 55.5 Å². The molecule has 13 heavy (non-hydrogen) atoms. The zero-order chi connectivity index (χ0) is 10.3. The third kappa shape index (κ3) is 4.71. The van der Waals surface area contributed by atoms with Crippen molar-refractivity contribution >= 4 is 7.60 Å². The van der Waals surface area contributed by atoms with Gasteiger partial charge >= 0.3 is 7.60 Å². The fourth-order valence-corrected chi connectivity index (χ4v) is 1.75. The molecule has 6 nitrogen and oxygen atoms in total. The first kappa shape index (κ1) is 13.0. The normalized spacial score (nSPS) is 12.4. The van der Waals surface area contributed by atoms with E-state index in [0.29, 0.717) is 0 Å². The van der Waals surface area contributed by atoms with Gasteiger partial charge in [-0.15, -0.1) is 0 Å². The largest absolute Gasteiger partial charge is 0.381 e. The summed E-state index contributed by atoms with van der Waals surface area (Å²) in [7, 11) is -0.429. The van der Waals surface area contributed by atoms with Crippen LogP contribution in [0.2, 0.25) is 0 Å². The Bertz CT molecular complexity index is 164. The highest BCUT2D eigenvalue weighted by Crippen LogP contribution is 2.45. The highest BCUT2D eigenvalue weighted by atomic mass is 31.2. The van der Waals surface area contributed by atoms with Crippen molar-refractivity contribution in [2.24, 2.45) is 0 Å². The maximum absolute atomic E-state index is 11.5. The van der Waals surface area contributed by atoms with Gasteiger partial charge in [-0.3, -0.25) is 9.46 Å². The third-order valence-corrected chi connectivity index (χ3v) is 3.51. The molecule has 0 aliphatic rings. The molecule has 0 saturated carbocycles. The van der Waals surface area contributed by atoms with Gasteiger partial charge in [0.25, 0.3) is 0 Å². The Morgan fingerprint density at radius 1 is 1.23 bits per heavy atom. The van der Waals surface area contributed by atoms with E-state index in [1.165, 1.54) is 19.1 Å². The van der Waals surface area contributed by atoms with Gasteiger partial charge in [0.1, 0.15) is 0 Å². The molecule has 0 amide bonds. The van der Waals surface area contributed by atoms with Crippen molar-refractivity contribution < 1.29 is 23.8 Å². The molecule has 0 rings (SSSR count). The van der Waals surface area contributed by atoms with Crippen LogP contribution in [0.1, 0.15) is 0 Å². The Morgan fingerprint density at radius 3 is 2.00 bits per heavy atom. The minimum absolute atomic E-state index is 0.140. The average molecular weight is 213 g/mol. The zero-order valence-corrected chi connectivity index (χ0v) is 8.74. The summed E-state index contributed by atoms with van der Waals surface area (Å²) in [4.78, 5) is 1.30. The highest BCUT2D eigenvalue weighted by molar-refractivity contribution is 7.53. The lowest BCUT2D eigenvalue weighted by Crippen LogP contribution is -2.28.